The molecule has 2 heterocycles. The summed E-state index contributed by atoms with van der Waals surface area (Å²) in [6.07, 6.45) is 0.854. The van der Waals surface area contributed by atoms with Crippen molar-refractivity contribution < 1.29 is 14.4 Å². The molecule has 0 spiro atoms. The lowest BCUT2D eigenvalue weighted by Gasteiger charge is -2.39. The first-order chi connectivity index (χ1) is 8.71. The average Bonchev–Trinajstić information content (AvgIpc) is 2.85. The Morgan fingerprint density at radius 1 is 1.33 bits per heavy atom. The molecule has 2 saturated heterocycles. The number of nitrogens with zero attached hydrogens (tertiary/aromatic N) is 1. The van der Waals surface area contributed by atoms with Gasteiger partial charge in [-0.05, 0) is 12.5 Å². The van der Waals surface area contributed by atoms with Crippen LogP contribution in [0.4, 0.5) is 0 Å². The first kappa shape index (κ1) is 11.7. The van der Waals surface area contributed by atoms with Crippen LogP contribution in [0, 0.1) is 5.41 Å². The summed E-state index contributed by atoms with van der Waals surface area (Å²) in [7, 11) is 0. The Labute approximate surface area is 106 Å². The van der Waals surface area contributed by atoms with E-state index in [1.54, 1.807) is 5.06 Å². The Kier molecular flexibility index (Phi) is 2.84. The van der Waals surface area contributed by atoms with E-state index >= 15 is 0 Å². The lowest BCUT2D eigenvalue weighted by molar-refractivity contribution is -0.209. The molecule has 0 radical (unpaired) electrons. The average molecular weight is 247 g/mol. The number of hydrogen-bond donors (Lipinski definition) is 0. The highest BCUT2D eigenvalue weighted by atomic mass is 16.7. The normalized spacial score (nSPS) is 25.8. The first-order valence-electron chi connectivity index (χ1n) is 6.30. The van der Waals surface area contributed by atoms with Gasteiger partial charge in [-0.1, -0.05) is 30.3 Å². The van der Waals surface area contributed by atoms with Crippen molar-refractivity contribution in [2.75, 3.05) is 19.8 Å². The molecule has 1 aromatic rings. The van der Waals surface area contributed by atoms with Gasteiger partial charge in [0.15, 0.2) is 0 Å². The molecule has 1 atom stereocenters. The van der Waals surface area contributed by atoms with Crippen molar-refractivity contribution in [2.24, 2.45) is 5.41 Å². The van der Waals surface area contributed by atoms with Crippen LogP contribution in [0.15, 0.2) is 30.3 Å². The van der Waals surface area contributed by atoms with Crippen molar-refractivity contribution >= 4 is 5.91 Å². The number of rotatable bonds is 2. The molecule has 1 amide bonds. The van der Waals surface area contributed by atoms with Crippen molar-refractivity contribution in [2.45, 2.75) is 19.4 Å². The minimum Gasteiger partial charge on any atom is -0.379 e. The first-order valence-corrected chi connectivity index (χ1v) is 6.30. The lowest BCUT2D eigenvalue weighted by Crippen LogP contribution is -2.52. The lowest BCUT2D eigenvalue weighted by atomic mass is 9.87. The van der Waals surface area contributed by atoms with Gasteiger partial charge in [0.1, 0.15) is 0 Å². The van der Waals surface area contributed by atoms with E-state index in [1.807, 2.05) is 37.3 Å². The van der Waals surface area contributed by atoms with E-state index in [4.69, 9.17) is 9.57 Å². The fourth-order valence-electron chi connectivity index (χ4n) is 2.45. The molecule has 4 heteroatoms. The van der Waals surface area contributed by atoms with Gasteiger partial charge in [0.25, 0.3) is 5.91 Å². The van der Waals surface area contributed by atoms with Gasteiger partial charge in [0, 0.05) is 6.42 Å². The summed E-state index contributed by atoms with van der Waals surface area (Å²) >= 11 is 0. The van der Waals surface area contributed by atoms with E-state index < -0.39 is 5.41 Å². The molecule has 0 aliphatic carbocycles. The van der Waals surface area contributed by atoms with Gasteiger partial charge in [-0.15, -0.1) is 0 Å². The number of carbonyl (C=O) groups is 1. The number of carbonyl (C=O) groups excluding carboxylic acids is 1. The van der Waals surface area contributed by atoms with Gasteiger partial charge in [0.05, 0.1) is 31.3 Å². The summed E-state index contributed by atoms with van der Waals surface area (Å²) in [6, 6.07) is 10.1. The molecule has 0 bridgehead atoms. The zero-order chi connectivity index (χ0) is 12.6. The van der Waals surface area contributed by atoms with Crippen LogP contribution in [-0.4, -0.2) is 30.8 Å². The largest absolute Gasteiger partial charge is 0.379 e. The number of benzene rings is 1. The molecular weight excluding hydrogens is 230 g/mol. The molecule has 3 rings (SSSR count). The van der Waals surface area contributed by atoms with E-state index in [9.17, 15) is 4.79 Å². The molecule has 4 nitrogen and oxygen atoms in total. The zero-order valence-corrected chi connectivity index (χ0v) is 10.5. The van der Waals surface area contributed by atoms with Crippen molar-refractivity contribution in [1.29, 1.82) is 0 Å². The van der Waals surface area contributed by atoms with E-state index in [2.05, 4.69) is 0 Å². The van der Waals surface area contributed by atoms with Crippen LogP contribution in [0.2, 0.25) is 0 Å². The van der Waals surface area contributed by atoms with Crippen LogP contribution in [0.25, 0.3) is 0 Å². The maximum atomic E-state index is 12.5. The number of hydroxylamine groups is 2. The van der Waals surface area contributed by atoms with Gasteiger partial charge in [-0.3, -0.25) is 9.63 Å². The Morgan fingerprint density at radius 3 is 2.67 bits per heavy atom. The summed E-state index contributed by atoms with van der Waals surface area (Å²) in [4.78, 5) is 18.0. The summed E-state index contributed by atoms with van der Waals surface area (Å²) in [5.41, 5.74) is 0.726. The minimum absolute atomic E-state index is 0.0381. The second-order valence-corrected chi connectivity index (χ2v) is 5.23. The zero-order valence-electron chi connectivity index (χ0n) is 10.5. The molecule has 0 N–H and O–H groups in total. The molecule has 18 heavy (non-hydrogen) atoms. The minimum atomic E-state index is -0.405. The van der Waals surface area contributed by atoms with Crippen LogP contribution in [0.3, 0.4) is 0 Å². The molecule has 2 aliphatic heterocycles. The molecule has 2 aliphatic rings. The third-order valence-electron chi connectivity index (χ3n) is 3.65. The Hall–Kier alpha value is -1.39. The van der Waals surface area contributed by atoms with Gasteiger partial charge < -0.3 is 4.74 Å². The molecule has 2 fully saturated rings. The Morgan fingerprint density at radius 2 is 2.06 bits per heavy atom. The highest BCUT2D eigenvalue weighted by Gasteiger charge is 2.47. The maximum absolute atomic E-state index is 12.5. The van der Waals surface area contributed by atoms with Crippen LogP contribution in [0.5, 0.6) is 0 Å². The maximum Gasteiger partial charge on any atom is 0.257 e. The quantitative estimate of drug-likeness (QED) is 0.801. The predicted molar refractivity (Wildman–Crippen MR) is 65.5 cm³/mol. The highest BCUT2D eigenvalue weighted by Crippen LogP contribution is 2.37. The number of amides is 1. The van der Waals surface area contributed by atoms with Crippen LogP contribution in [0.1, 0.15) is 24.9 Å². The molecule has 96 valence electrons. The standard InChI is InChI=1S/C14H17NO3/c1-14(9-17-10-14)13(16)15-12(7-8-18-15)11-5-3-2-4-6-11/h2-6,12H,7-10H2,1H3/t12-/m0/s1. The van der Waals surface area contributed by atoms with E-state index in [1.165, 1.54) is 0 Å². The third kappa shape index (κ3) is 1.82. The van der Waals surface area contributed by atoms with Gasteiger partial charge in [0.2, 0.25) is 0 Å². The van der Waals surface area contributed by atoms with Crippen molar-refractivity contribution in [3.63, 3.8) is 0 Å². The van der Waals surface area contributed by atoms with Crippen molar-refractivity contribution in [1.82, 2.24) is 5.06 Å². The monoisotopic (exact) mass is 247 g/mol. The van der Waals surface area contributed by atoms with Gasteiger partial charge in [-0.2, -0.15) is 0 Å². The summed E-state index contributed by atoms with van der Waals surface area (Å²) in [5, 5.41) is 1.55. The molecular formula is C14H17NO3. The third-order valence-corrected chi connectivity index (χ3v) is 3.65. The van der Waals surface area contributed by atoms with Crippen molar-refractivity contribution in [3.8, 4) is 0 Å². The van der Waals surface area contributed by atoms with E-state index in [0.717, 1.165) is 12.0 Å². The topological polar surface area (TPSA) is 38.8 Å². The van der Waals surface area contributed by atoms with E-state index in [-0.39, 0.29) is 11.9 Å². The molecule has 0 unspecified atom stereocenters. The second-order valence-electron chi connectivity index (χ2n) is 5.23. The summed E-state index contributed by atoms with van der Waals surface area (Å²) in [6.45, 7) is 3.52. The van der Waals surface area contributed by atoms with E-state index in [0.29, 0.717) is 19.8 Å². The Bertz CT molecular complexity index is 442. The smallest absolute Gasteiger partial charge is 0.257 e. The summed E-state index contributed by atoms with van der Waals surface area (Å²) < 4.78 is 5.16. The fourth-order valence-corrected chi connectivity index (χ4v) is 2.45. The Balaban J connectivity index is 1.81. The number of hydrogen-bond acceptors (Lipinski definition) is 3. The highest BCUT2D eigenvalue weighted by molar-refractivity contribution is 5.83. The van der Waals surface area contributed by atoms with Gasteiger partial charge in [-0.25, -0.2) is 5.06 Å². The van der Waals surface area contributed by atoms with Crippen LogP contribution in [-0.2, 0) is 14.4 Å². The van der Waals surface area contributed by atoms with Crippen molar-refractivity contribution in [3.05, 3.63) is 35.9 Å². The molecule has 0 saturated carbocycles. The van der Waals surface area contributed by atoms with Crippen LogP contribution >= 0.6 is 0 Å². The van der Waals surface area contributed by atoms with Crippen LogP contribution < -0.4 is 0 Å². The fraction of sp³-hybridized carbons (Fsp3) is 0.500. The SMILES string of the molecule is CC1(C(=O)N2OCC[C@H]2c2ccccc2)COC1. The number of ether oxygens (including phenoxy) is 1. The second kappa shape index (κ2) is 4.37. The summed E-state index contributed by atoms with van der Waals surface area (Å²) in [5.74, 6) is 0.0418. The van der Waals surface area contributed by atoms with Gasteiger partial charge >= 0.3 is 0 Å². The predicted octanol–water partition coefficient (Wildman–Crippen LogP) is 1.93. The molecule has 1 aromatic carbocycles. The molecule has 0 aromatic heterocycles.